The van der Waals surface area contributed by atoms with E-state index in [-0.39, 0.29) is 5.91 Å². The van der Waals surface area contributed by atoms with Gasteiger partial charge in [0.05, 0.1) is 10.7 Å². The number of anilines is 1. The number of halogens is 2. The Morgan fingerprint density at radius 3 is 2.67 bits per heavy atom. The summed E-state index contributed by atoms with van der Waals surface area (Å²) in [6.07, 6.45) is 1.27. The van der Waals surface area contributed by atoms with Crippen LogP contribution in [0.4, 0.5) is 5.69 Å². The number of carbonyl (C=O) groups is 1. The van der Waals surface area contributed by atoms with E-state index in [4.69, 9.17) is 23.2 Å². The van der Waals surface area contributed by atoms with Gasteiger partial charge in [-0.2, -0.15) is 0 Å². The number of hydrogen-bond acceptors (Lipinski definition) is 2. The van der Waals surface area contributed by atoms with Crippen LogP contribution >= 0.6 is 23.2 Å². The van der Waals surface area contributed by atoms with Gasteiger partial charge in [0.15, 0.2) is 0 Å². The van der Waals surface area contributed by atoms with Crippen LogP contribution in [0, 0.1) is 0 Å². The van der Waals surface area contributed by atoms with Gasteiger partial charge < -0.3 is 10.6 Å². The Morgan fingerprint density at radius 2 is 2.06 bits per heavy atom. The third-order valence-electron chi connectivity index (χ3n) is 2.34. The average molecular weight is 289 g/mol. The SMILES string of the molecule is CC(C)NCCCC(=O)Nc1ccc(Cl)cc1Cl. The first-order valence-electron chi connectivity index (χ1n) is 5.97. The van der Waals surface area contributed by atoms with Crippen molar-refractivity contribution in [1.29, 1.82) is 0 Å². The molecule has 0 saturated heterocycles. The molecule has 100 valence electrons. The van der Waals surface area contributed by atoms with Crippen molar-refractivity contribution in [3.8, 4) is 0 Å². The van der Waals surface area contributed by atoms with Gasteiger partial charge in [-0.1, -0.05) is 37.0 Å². The van der Waals surface area contributed by atoms with Crippen molar-refractivity contribution in [1.82, 2.24) is 5.32 Å². The Hall–Kier alpha value is -0.770. The van der Waals surface area contributed by atoms with E-state index in [0.29, 0.717) is 28.2 Å². The summed E-state index contributed by atoms with van der Waals surface area (Å²) in [5.74, 6) is -0.0372. The second-order valence-corrected chi connectivity index (χ2v) is 5.23. The van der Waals surface area contributed by atoms with Gasteiger partial charge in [0.2, 0.25) is 5.91 Å². The molecule has 1 amide bonds. The van der Waals surface area contributed by atoms with Crippen molar-refractivity contribution in [3.05, 3.63) is 28.2 Å². The van der Waals surface area contributed by atoms with Gasteiger partial charge in [0.25, 0.3) is 0 Å². The first kappa shape index (κ1) is 15.3. The van der Waals surface area contributed by atoms with Crippen LogP contribution in [0.15, 0.2) is 18.2 Å². The quantitative estimate of drug-likeness (QED) is 0.784. The summed E-state index contributed by atoms with van der Waals surface area (Å²) in [6, 6.07) is 5.45. The minimum Gasteiger partial charge on any atom is -0.325 e. The second-order valence-electron chi connectivity index (χ2n) is 4.38. The average Bonchev–Trinajstić information content (AvgIpc) is 2.28. The number of benzene rings is 1. The van der Waals surface area contributed by atoms with Crippen LogP contribution in [0.3, 0.4) is 0 Å². The van der Waals surface area contributed by atoms with E-state index in [9.17, 15) is 4.79 Å². The van der Waals surface area contributed by atoms with Crippen LogP contribution in [0.5, 0.6) is 0 Å². The van der Waals surface area contributed by atoms with Crippen molar-refractivity contribution in [2.24, 2.45) is 0 Å². The van der Waals surface area contributed by atoms with E-state index in [1.54, 1.807) is 18.2 Å². The lowest BCUT2D eigenvalue weighted by Gasteiger charge is -2.09. The molecule has 3 nitrogen and oxygen atoms in total. The molecule has 0 heterocycles. The zero-order chi connectivity index (χ0) is 13.5. The summed E-state index contributed by atoms with van der Waals surface area (Å²) >= 11 is 11.7. The van der Waals surface area contributed by atoms with Gasteiger partial charge in [0, 0.05) is 17.5 Å². The molecule has 5 heteroatoms. The fraction of sp³-hybridized carbons (Fsp3) is 0.462. The van der Waals surface area contributed by atoms with Gasteiger partial charge >= 0.3 is 0 Å². The van der Waals surface area contributed by atoms with Crippen LogP contribution in [-0.4, -0.2) is 18.5 Å². The molecule has 1 aromatic carbocycles. The van der Waals surface area contributed by atoms with Crippen molar-refractivity contribution in [2.45, 2.75) is 32.7 Å². The number of hydrogen-bond donors (Lipinski definition) is 2. The second kappa shape index (κ2) is 7.62. The van der Waals surface area contributed by atoms with E-state index in [1.165, 1.54) is 0 Å². The topological polar surface area (TPSA) is 41.1 Å². The standard InChI is InChI=1S/C13H18Cl2N2O/c1-9(2)16-7-3-4-13(18)17-12-6-5-10(14)8-11(12)15/h5-6,8-9,16H,3-4,7H2,1-2H3,(H,17,18). The highest BCUT2D eigenvalue weighted by Crippen LogP contribution is 2.25. The molecule has 0 aliphatic heterocycles. The van der Waals surface area contributed by atoms with Gasteiger partial charge in [0.1, 0.15) is 0 Å². The predicted octanol–water partition coefficient (Wildman–Crippen LogP) is 3.71. The Labute approximate surface area is 118 Å². The van der Waals surface area contributed by atoms with Gasteiger partial charge in [-0.3, -0.25) is 4.79 Å². The van der Waals surface area contributed by atoms with Crippen LogP contribution < -0.4 is 10.6 Å². The fourth-order valence-electron chi connectivity index (χ4n) is 1.44. The Morgan fingerprint density at radius 1 is 1.33 bits per heavy atom. The molecular weight excluding hydrogens is 271 g/mol. The molecule has 0 fully saturated rings. The van der Waals surface area contributed by atoms with E-state index >= 15 is 0 Å². The lowest BCUT2D eigenvalue weighted by atomic mass is 10.2. The molecule has 1 aromatic rings. The molecule has 0 saturated carbocycles. The molecule has 0 aliphatic rings. The third kappa shape index (κ3) is 5.71. The molecule has 1 rings (SSSR count). The molecule has 0 bridgehead atoms. The van der Waals surface area contributed by atoms with E-state index < -0.39 is 0 Å². The minimum atomic E-state index is -0.0372. The number of amides is 1. The maximum Gasteiger partial charge on any atom is 0.224 e. The third-order valence-corrected chi connectivity index (χ3v) is 2.89. The molecule has 0 aromatic heterocycles. The van der Waals surface area contributed by atoms with Crippen LogP contribution in [0.1, 0.15) is 26.7 Å². The summed E-state index contributed by atoms with van der Waals surface area (Å²) in [4.78, 5) is 11.7. The molecule has 0 radical (unpaired) electrons. The molecule has 2 N–H and O–H groups in total. The summed E-state index contributed by atoms with van der Waals surface area (Å²) in [6.45, 7) is 4.99. The van der Waals surface area contributed by atoms with E-state index in [0.717, 1.165) is 13.0 Å². The van der Waals surface area contributed by atoms with E-state index in [2.05, 4.69) is 24.5 Å². The zero-order valence-corrected chi connectivity index (χ0v) is 12.1. The first-order valence-corrected chi connectivity index (χ1v) is 6.73. The molecule has 0 spiro atoms. The summed E-state index contributed by atoms with van der Waals surface area (Å²) in [5, 5.41) is 7.04. The molecule has 0 unspecified atom stereocenters. The summed E-state index contributed by atoms with van der Waals surface area (Å²) < 4.78 is 0. The van der Waals surface area contributed by atoms with Crippen molar-refractivity contribution in [3.63, 3.8) is 0 Å². The maximum atomic E-state index is 11.7. The maximum absolute atomic E-state index is 11.7. The molecular formula is C13H18Cl2N2O. The minimum absolute atomic E-state index is 0.0372. The number of carbonyl (C=O) groups excluding carboxylic acids is 1. The lowest BCUT2D eigenvalue weighted by Crippen LogP contribution is -2.24. The lowest BCUT2D eigenvalue weighted by molar-refractivity contribution is -0.116. The monoisotopic (exact) mass is 288 g/mol. The normalized spacial score (nSPS) is 10.7. The van der Waals surface area contributed by atoms with Crippen LogP contribution in [0.25, 0.3) is 0 Å². The molecule has 0 aliphatic carbocycles. The fourth-order valence-corrected chi connectivity index (χ4v) is 1.90. The van der Waals surface area contributed by atoms with Crippen molar-refractivity contribution >= 4 is 34.8 Å². The number of nitrogens with one attached hydrogen (secondary N) is 2. The van der Waals surface area contributed by atoms with E-state index in [1.807, 2.05) is 0 Å². The van der Waals surface area contributed by atoms with Crippen molar-refractivity contribution < 1.29 is 4.79 Å². The highest BCUT2D eigenvalue weighted by molar-refractivity contribution is 6.36. The molecule has 18 heavy (non-hydrogen) atoms. The summed E-state index contributed by atoms with van der Waals surface area (Å²) in [5.41, 5.74) is 0.600. The van der Waals surface area contributed by atoms with Gasteiger partial charge in [-0.25, -0.2) is 0 Å². The smallest absolute Gasteiger partial charge is 0.224 e. The first-order chi connectivity index (χ1) is 8.49. The highest BCUT2D eigenvalue weighted by atomic mass is 35.5. The van der Waals surface area contributed by atoms with Gasteiger partial charge in [-0.15, -0.1) is 0 Å². The Kier molecular flexibility index (Phi) is 6.47. The van der Waals surface area contributed by atoms with Crippen molar-refractivity contribution in [2.75, 3.05) is 11.9 Å². The number of rotatable bonds is 6. The van der Waals surface area contributed by atoms with Gasteiger partial charge in [-0.05, 0) is 31.2 Å². The molecule has 0 atom stereocenters. The largest absolute Gasteiger partial charge is 0.325 e. The highest BCUT2D eigenvalue weighted by Gasteiger charge is 2.06. The van der Waals surface area contributed by atoms with Crippen LogP contribution in [-0.2, 0) is 4.79 Å². The van der Waals surface area contributed by atoms with Crippen LogP contribution in [0.2, 0.25) is 10.0 Å². The summed E-state index contributed by atoms with van der Waals surface area (Å²) in [7, 11) is 0. The Bertz CT molecular complexity index is 408. The zero-order valence-electron chi connectivity index (χ0n) is 10.6. The Balaban J connectivity index is 2.35. The predicted molar refractivity (Wildman–Crippen MR) is 77.5 cm³/mol.